The summed E-state index contributed by atoms with van der Waals surface area (Å²) in [6.07, 6.45) is -0.213. The molecular formula is C15H11BrF2O2. The molecule has 0 bridgehead atoms. The number of Topliss-reactive ketones (excluding diaryl/α,β-unsaturated/α-hetero) is 1. The summed E-state index contributed by atoms with van der Waals surface area (Å²) >= 11 is 3.26. The lowest BCUT2D eigenvalue weighted by atomic mass is 10.0. The lowest BCUT2D eigenvalue weighted by Crippen LogP contribution is -2.07. The molecule has 0 atom stereocenters. The number of carbonyl (C=O) groups excluding carboxylic acids is 1. The number of ketones is 1. The van der Waals surface area contributed by atoms with Crippen LogP contribution in [0.4, 0.5) is 8.78 Å². The van der Waals surface area contributed by atoms with E-state index >= 15 is 0 Å². The maximum Gasteiger partial charge on any atom is 0.168 e. The minimum atomic E-state index is -0.598. The minimum absolute atomic E-state index is 0.0321. The van der Waals surface area contributed by atoms with Crippen molar-refractivity contribution in [3.05, 3.63) is 63.6 Å². The number of hydrogen-bond acceptors (Lipinski definition) is 2. The summed E-state index contributed by atoms with van der Waals surface area (Å²) in [7, 11) is 1.49. The number of hydrogen-bond donors (Lipinski definition) is 0. The van der Waals surface area contributed by atoms with E-state index in [4.69, 9.17) is 4.74 Å². The van der Waals surface area contributed by atoms with Crippen LogP contribution in [0.3, 0.4) is 0 Å². The van der Waals surface area contributed by atoms with Crippen molar-refractivity contribution in [2.75, 3.05) is 7.11 Å². The van der Waals surface area contributed by atoms with Crippen LogP contribution in [0, 0.1) is 11.6 Å². The molecule has 0 aromatic heterocycles. The van der Waals surface area contributed by atoms with Crippen LogP contribution < -0.4 is 4.74 Å². The molecule has 2 aromatic carbocycles. The Morgan fingerprint density at radius 3 is 2.65 bits per heavy atom. The first-order valence-electron chi connectivity index (χ1n) is 5.82. The van der Waals surface area contributed by atoms with Crippen molar-refractivity contribution in [3.63, 3.8) is 0 Å². The van der Waals surface area contributed by atoms with E-state index in [-0.39, 0.29) is 17.8 Å². The second-order valence-corrected chi connectivity index (χ2v) is 5.04. The van der Waals surface area contributed by atoms with Gasteiger partial charge in [-0.05, 0) is 42.0 Å². The van der Waals surface area contributed by atoms with Gasteiger partial charge >= 0.3 is 0 Å². The predicted octanol–water partition coefficient (Wildman–Crippen LogP) is 4.16. The molecule has 0 heterocycles. The first kappa shape index (κ1) is 14.7. The Labute approximate surface area is 123 Å². The van der Waals surface area contributed by atoms with Crippen LogP contribution in [0.2, 0.25) is 0 Å². The standard InChI is InChI=1S/C15H11BrF2O2/c1-20-11-3-4-13(16)12(8-11)15(19)7-9-6-10(17)2-5-14(9)18/h2-6,8H,7H2,1H3. The molecule has 0 aliphatic heterocycles. The monoisotopic (exact) mass is 340 g/mol. The molecular weight excluding hydrogens is 330 g/mol. The topological polar surface area (TPSA) is 26.3 Å². The zero-order valence-electron chi connectivity index (χ0n) is 10.6. The number of halogens is 3. The summed E-state index contributed by atoms with van der Waals surface area (Å²) < 4.78 is 32.3. The molecule has 2 aromatic rings. The van der Waals surface area contributed by atoms with Crippen molar-refractivity contribution in [1.29, 1.82) is 0 Å². The second-order valence-electron chi connectivity index (χ2n) is 4.18. The van der Waals surface area contributed by atoms with Gasteiger partial charge in [0.1, 0.15) is 17.4 Å². The number of carbonyl (C=O) groups is 1. The molecule has 0 unspecified atom stereocenters. The van der Waals surface area contributed by atoms with Gasteiger partial charge in [0.25, 0.3) is 0 Å². The number of ether oxygens (including phenoxy) is 1. The molecule has 0 radical (unpaired) electrons. The molecule has 0 spiro atoms. The molecule has 0 amide bonds. The van der Waals surface area contributed by atoms with E-state index in [1.165, 1.54) is 7.11 Å². The van der Waals surface area contributed by atoms with Gasteiger partial charge in [-0.1, -0.05) is 15.9 Å². The molecule has 104 valence electrons. The highest BCUT2D eigenvalue weighted by atomic mass is 79.9. The van der Waals surface area contributed by atoms with Gasteiger partial charge in [-0.2, -0.15) is 0 Å². The highest BCUT2D eigenvalue weighted by Crippen LogP contribution is 2.24. The number of rotatable bonds is 4. The van der Waals surface area contributed by atoms with Crippen molar-refractivity contribution in [3.8, 4) is 5.75 Å². The Morgan fingerprint density at radius 2 is 1.95 bits per heavy atom. The summed E-state index contributed by atoms with van der Waals surface area (Å²) in [5, 5.41) is 0. The summed E-state index contributed by atoms with van der Waals surface area (Å²) in [4.78, 5) is 12.2. The average Bonchev–Trinajstić information content (AvgIpc) is 2.43. The molecule has 0 aliphatic carbocycles. The largest absolute Gasteiger partial charge is 0.497 e. The maximum atomic E-state index is 13.5. The van der Waals surface area contributed by atoms with Crippen LogP contribution >= 0.6 is 15.9 Å². The van der Waals surface area contributed by atoms with Gasteiger partial charge in [-0.3, -0.25) is 4.79 Å². The summed E-state index contributed by atoms with van der Waals surface area (Å²) in [5.41, 5.74) is 0.401. The fourth-order valence-corrected chi connectivity index (χ4v) is 2.26. The van der Waals surface area contributed by atoms with E-state index in [2.05, 4.69) is 15.9 Å². The highest BCUT2D eigenvalue weighted by Gasteiger charge is 2.15. The van der Waals surface area contributed by atoms with E-state index in [9.17, 15) is 13.6 Å². The van der Waals surface area contributed by atoms with Gasteiger partial charge in [0.15, 0.2) is 5.78 Å². The first-order chi connectivity index (χ1) is 9.51. The normalized spacial score (nSPS) is 10.4. The van der Waals surface area contributed by atoms with Gasteiger partial charge in [-0.25, -0.2) is 8.78 Å². The molecule has 2 nitrogen and oxygen atoms in total. The third kappa shape index (κ3) is 3.22. The van der Waals surface area contributed by atoms with E-state index in [1.807, 2.05) is 0 Å². The van der Waals surface area contributed by atoms with Gasteiger partial charge in [0.2, 0.25) is 0 Å². The summed E-state index contributed by atoms with van der Waals surface area (Å²) in [6, 6.07) is 7.99. The Bertz CT molecular complexity index is 656. The maximum absolute atomic E-state index is 13.5. The fourth-order valence-electron chi connectivity index (χ4n) is 1.79. The molecule has 0 saturated heterocycles. The first-order valence-corrected chi connectivity index (χ1v) is 6.61. The Morgan fingerprint density at radius 1 is 1.20 bits per heavy atom. The number of benzene rings is 2. The summed E-state index contributed by atoms with van der Waals surface area (Å²) in [6.45, 7) is 0. The van der Waals surface area contributed by atoms with Gasteiger partial charge < -0.3 is 4.74 Å². The van der Waals surface area contributed by atoms with E-state index < -0.39 is 11.6 Å². The van der Waals surface area contributed by atoms with E-state index in [0.29, 0.717) is 15.8 Å². The molecule has 0 saturated carbocycles. The number of methoxy groups -OCH3 is 1. The van der Waals surface area contributed by atoms with Crippen LogP contribution in [-0.2, 0) is 6.42 Å². The molecule has 2 rings (SSSR count). The third-order valence-corrected chi connectivity index (χ3v) is 3.52. The molecule has 20 heavy (non-hydrogen) atoms. The predicted molar refractivity (Wildman–Crippen MR) is 75.1 cm³/mol. The zero-order chi connectivity index (χ0) is 14.7. The highest BCUT2D eigenvalue weighted by molar-refractivity contribution is 9.10. The van der Waals surface area contributed by atoms with Crippen molar-refractivity contribution in [2.45, 2.75) is 6.42 Å². The van der Waals surface area contributed by atoms with Crippen LogP contribution in [0.25, 0.3) is 0 Å². The van der Waals surface area contributed by atoms with E-state index in [0.717, 1.165) is 18.2 Å². The molecule has 0 fully saturated rings. The van der Waals surface area contributed by atoms with Gasteiger partial charge in [-0.15, -0.1) is 0 Å². The summed E-state index contributed by atoms with van der Waals surface area (Å²) in [5.74, 6) is -0.964. The Hall–Kier alpha value is -1.75. The van der Waals surface area contributed by atoms with Crippen molar-refractivity contribution >= 4 is 21.7 Å². The molecule has 5 heteroatoms. The fraction of sp³-hybridized carbons (Fsp3) is 0.133. The van der Waals surface area contributed by atoms with Crippen molar-refractivity contribution in [1.82, 2.24) is 0 Å². The van der Waals surface area contributed by atoms with Gasteiger partial charge in [0.05, 0.1) is 7.11 Å². The molecule has 0 N–H and O–H groups in total. The smallest absolute Gasteiger partial charge is 0.168 e. The second kappa shape index (κ2) is 6.13. The lowest BCUT2D eigenvalue weighted by Gasteiger charge is -2.07. The van der Waals surface area contributed by atoms with Crippen molar-refractivity contribution < 1.29 is 18.3 Å². The quantitative estimate of drug-likeness (QED) is 0.781. The lowest BCUT2D eigenvalue weighted by molar-refractivity contribution is 0.0990. The van der Waals surface area contributed by atoms with Crippen LogP contribution in [0.1, 0.15) is 15.9 Å². The van der Waals surface area contributed by atoms with Gasteiger partial charge in [0, 0.05) is 16.5 Å². The minimum Gasteiger partial charge on any atom is -0.497 e. The Balaban J connectivity index is 2.30. The molecule has 0 aliphatic rings. The van der Waals surface area contributed by atoms with Crippen molar-refractivity contribution in [2.24, 2.45) is 0 Å². The van der Waals surface area contributed by atoms with E-state index in [1.54, 1.807) is 18.2 Å². The average molecular weight is 341 g/mol. The SMILES string of the molecule is COc1ccc(Br)c(C(=O)Cc2cc(F)ccc2F)c1. The zero-order valence-corrected chi connectivity index (χ0v) is 12.2. The van der Waals surface area contributed by atoms with Crippen LogP contribution in [0.15, 0.2) is 40.9 Å². The van der Waals surface area contributed by atoms with Crippen LogP contribution in [-0.4, -0.2) is 12.9 Å². The van der Waals surface area contributed by atoms with Crippen LogP contribution in [0.5, 0.6) is 5.75 Å². The Kier molecular flexibility index (Phi) is 4.49. The third-order valence-electron chi connectivity index (χ3n) is 2.83.